The molecule has 1 amide bonds. The average Bonchev–Trinajstić information content (AvgIpc) is 2.64. The van der Waals surface area contributed by atoms with E-state index in [0.29, 0.717) is 5.03 Å². The van der Waals surface area contributed by atoms with Crippen LogP contribution in [0.1, 0.15) is 16.7 Å². The maximum absolute atomic E-state index is 12.7. The smallest absolute Gasteiger partial charge is 0.287 e. The molecule has 0 radical (unpaired) electrons. The number of nitrogens with zero attached hydrogens (tertiary/aromatic N) is 2. The number of hydrogen-bond acceptors (Lipinski definition) is 4. The molecule has 1 aromatic heterocycles. The lowest BCUT2D eigenvalue weighted by Crippen LogP contribution is -2.22. The summed E-state index contributed by atoms with van der Waals surface area (Å²) in [6.07, 6.45) is 3.21. The van der Waals surface area contributed by atoms with Crippen LogP contribution in [0.15, 0.2) is 64.7 Å². The Balaban J connectivity index is 1.71. The number of carbonyl (C=O) groups excluding carboxylic acids is 1. The van der Waals surface area contributed by atoms with Gasteiger partial charge in [-0.2, -0.15) is 0 Å². The molecule has 3 aromatic rings. The minimum absolute atomic E-state index is 0.118. The molecule has 0 spiro atoms. The van der Waals surface area contributed by atoms with Gasteiger partial charge >= 0.3 is 0 Å². The number of hydrogen-bond donors (Lipinski definition) is 1. The predicted molar refractivity (Wildman–Crippen MR) is 110 cm³/mol. The monoisotopic (exact) mass is 379 g/mol. The molecule has 0 aliphatic heterocycles. The van der Waals surface area contributed by atoms with Gasteiger partial charge in [-0.3, -0.25) is 14.2 Å². The van der Waals surface area contributed by atoms with Crippen molar-refractivity contribution >= 4 is 23.4 Å². The number of amides is 1. The van der Waals surface area contributed by atoms with Crippen molar-refractivity contribution in [2.24, 2.45) is 0 Å². The molecule has 138 valence electrons. The van der Waals surface area contributed by atoms with Crippen molar-refractivity contribution in [3.8, 4) is 5.69 Å². The zero-order valence-corrected chi connectivity index (χ0v) is 16.3. The van der Waals surface area contributed by atoms with Crippen molar-refractivity contribution in [1.82, 2.24) is 9.55 Å². The molecule has 5 nitrogen and oxygen atoms in total. The van der Waals surface area contributed by atoms with Gasteiger partial charge in [-0.15, -0.1) is 0 Å². The van der Waals surface area contributed by atoms with Gasteiger partial charge in [-0.05, 0) is 61.7 Å². The molecule has 3 rings (SSSR count). The molecular formula is C21H21N3O2S. The molecule has 0 aliphatic carbocycles. The van der Waals surface area contributed by atoms with E-state index in [9.17, 15) is 9.59 Å². The lowest BCUT2D eigenvalue weighted by Gasteiger charge is -2.09. The van der Waals surface area contributed by atoms with E-state index in [2.05, 4.69) is 10.3 Å². The number of thioether (sulfide) groups is 1. The van der Waals surface area contributed by atoms with Gasteiger partial charge in [0.05, 0.1) is 5.75 Å². The summed E-state index contributed by atoms with van der Waals surface area (Å²) in [6, 6.07) is 13.5. The first-order valence-electron chi connectivity index (χ1n) is 8.58. The van der Waals surface area contributed by atoms with Crippen LogP contribution in [0, 0.1) is 20.8 Å². The van der Waals surface area contributed by atoms with Gasteiger partial charge in [-0.25, -0.2) is 4.98 Å². The molecule has 2 aromatic carbocycles. The van der Waals surface area contributed by atoms with E-state index < -0.39 is 0 Å². The Hall–Kier alpha value is -2.86. The van der Waals surface area contributed by atoms with E-state index in [1.807, 2.05) is 63.2 Å². The summed E-state index contributed by atoms with van der Waals surface area (Å²) < 4.78 is 1.55. The number of anilines is 1. The van der Waals surface area contributed by atoms with Crippen LogP contribution >= 0.6 is 11.8 Å². The van der Waals surface area contributed by atoms with Gasteiger partial charge in [0.25, 0.3) is 5.56 Å². The second-order valence-corrected chi connectivity index (χ2v) is 7.35. The molecule has 0 bridgehead atoms. The SMILES string of the molecule is Cc1cccc(-n2ccnc(SCC(=O)Nc3ccc(C)c(C)c3)c2=O)c1. The first-order chi connectivity index (χ1) is 12.9. The second kappa shape index (κ2) is 8.22. The number of nitrogens with one attached hydrogen (secondary N) is 1. The summed E-state index contributed by atoms with van der Waals surface area (Å²) in [5, 5.41) is 3.16. The summed E-state index contributed by atoms with van der Waals surface area (Å²) in [5.41, 5.74) is 4.66. The average molecular weight is 379 g/mol. The Kier molecular flexibility index (Phi) is 5.76. The number of benzene rings is 2. The van der Waals surface area contributed by atoms with E-state index in [-0.39, 0.29) is 17.2 Å². The summed E-state index contributed by atoms with van der Waals surface area (Å²) >= 11 is 1.14. The van der Waals surface area contributed by atoms with Crippen LogP contribution in [0.3, 0.4) is 0 Å². The molecule has 0 fully saturated rings. The van der Waals surface area contributed by atoms with Crippen LogP contribution in [-0.4, -0.2) is 21.2 Å². The Labute approximate surface area is 162 Å². The normalized spacial score (nSPS) is 10.6. The predicted octanol–water partition coefficient (Wildman–Crippen LogP) is 3.89. The van der Waals surface area contributed by atoms with E-state index >= 15 is 0 Å². The van der Waals surface area contributed by atoms with E-state index in [0.717, 1.165) is 34.3 Å². The third-order valence-corrected chi connectivity index (χ3v) is 5.18. The van der Waals surface area contributed by atoms with Crippen LogP contribution in [0.4, 0.5) is 5.69 Å². The molecule has 0 atom stereocenters. The zero-order valence-electron chi connectivity index (χ0n) is 15.5. The maximum atomic E-state index is 12.7. The van der Waals surface area contributed by atoms with Crippen molar-refractivity contribution in [2.75, 3.05) is 11.1 Å². The zero-order chi connectivity index (χ0) is 19.4. The molecule has 0 saturated carbocycles. The van der Waals surface area contributed by atoms with Crippen molar-refractivity contribution in [3.63, 3.8) is 0 Å². The van der Waals surface area contributed by atoms with Crippen molar-refractivity contribution < 1.29 is 4.79 Å². The van der Waals surface area contributed by atoms with Crippen LogP contribution in [-0.2, 0) is 4.79 Å². The van der Waals surface area contributed by atoms with Gasteiger partial charge in [0.1, 0.15) is 0 Å². The Morgan fingerprint density at radius 2 is 1.93 bits per heavy atom. The number of aryl methyl sites for hydroxylation is 3. The topological polar surface area (TPSA) is 64.0 Å². The van der Waals surface area contributed by atoms with E-state index in [4.69, 9.17) is 0 Å². The highest BCUT2D eigenvalue weighted by atomic mass is 32.2. The third-order valence-electron chi connectivity index (χ3n) is 4.22. The fourth-order valence-corrected chi connectivity index (χ4v) is 3.32. The van der Waals surface area contributed by atoms with Crippen LogP contribution in [0.2, 0.25) is 0 Å². The highest BCUT2D eigenvalue weighted by Crippen LogP contribution is 2.16. The summed E-state index contributed by atoms with van der Waals surface area (Å²) in [5.74, 6) is -0.0529. The molecule has 1 heterocycles. The van der Waals surface area contributed by atoms with Gasteiger partial charge in [-0.1, -0.05) is 30.0 Å². The molecule has 6 heteroatoms. The summed E-state index contributed by atoms with van der Waals surface area (Å²) in [6.45, 7) is 6.00. The molecule has 0 unspecified atom stereocenters. The highest BCUT2D eigenvalue weighted by Gasteiger charge is 2.10. The molecule has 1 N–H and O–H groups in total. The Bertz CT molecular complexity index is 1040. The largest absolute Gasteiger partial charge is 0.325 e. The van der Waals surface area contributed by atoms with E-state index in [1.54, 1.807) is 17.0 Å². The first kappa shape index (κ1) is 18.9. The van der Waals surface area contributed by atoms with Crippen molar-refractivity contribution in [2.45, 2.75) is 25.8 Å². The number of carbonyl (C=O) groups is 1. The van der Waals surface area contributed by atoms with E-state index in [1.165, 1.54) is 5.56 Å². The molecule has 27 heavy (non-hydrogen) atoms. The standard InChI is InChI=1S/C21H21N3O2S/c1-14-5-4-6-18(11-14)24-10-9-22-20(21(24)26)27-13-19(25)23-17-8-7-15(2)16(3)12-17/h4-12H,13H2,1-3H3,(H,23,25). The highest BCUT2D eigenvalue weighted by molar-refractivity contribution is 7.99. The first-order valence-corrected chi connectivity index (χ1v) is 9.57. The lowest BCUT2D eigenvalue weighted by molar-refractivity contribution is -0.113. The minimum atomic E-state index is -0.230. The van der Waals surface area contributed by atoms with Gasteiger partial charge in [0.2, 0.25) is 5.91 Å². The fourth-order valence-electron chi connectivity index (χ4n) is 2.62. The van der Waals surface area contributed by atoms with Crippen LogP contribution in [0.5, 0.6) is 0 Å². The van der Waals surface area contributed by atoms with Crippen LogP contribution in [0.25, 0.3) is 5.69 Å². The Morgan fingerprint density at radius 3 is 2.67 bits per heavy atom. The van der Waals surface area contributed by atoms with Crippen molar-refractivity contribution in [1.29, 1.82) is 0 Å². The molecule has 0 aliphatic rings. The van der Waals surface area contributed by atoms with Gasteiger partial charge in [0, 0.05) is 23.8 Å². The summed E-state index contributed by atoms with van der Waals surface area (Å²) in [4.78, 5) is 29.0. The number of aromatic nitrogens is 2. The van der Waals surface area contributed by atoms with Gasteiger partial charge < -0.3 is 5.32 Å². The second-order valence-electron chi connectivity index (χ2n) is 6.38. The maximum Gasteiger partial charge on any atom is 0.287 e. The Morgan fingerprint density at radius 1 is 1.11 bits per heavy atom. The molecule has 0 saturated heterocycles. The fraction of sp³-hybridized carbons (Fsp3) is 0.190. The summed E-state index contributed by atoms with van der Waals surface area (Å²) in [7, 11) is 0. The van der Waals surface area contributed by atoms with Crippen LogP contribution < -0.4 is 10.9 Å². The third kappa shape index (κ3) is 4.65. The quantitative estimate of drug-likeness (QED) is 0.683. The minimum Gasteiger partial charge on any atom is -0.325 e. The van der Waals surface area contributed by atoms with Crippen molar-refractivity contribution in [3.05, 3.63) is 81.9 Å². The molecular weight excluding hydrogens is 358 g/mol. The number of rotatable bonds is 5. The van der Waals surface area contributed by atoms with Gasteiger partial charge in [0.15, 0.2) is 5.03 Å². The lowest BCUT2D eigenvalue weighted by atomic mass is 10.1.